The van der Waals surface area contributed by atoms with Gasteiger partial charge in [0.2, 0.25) is 5.88 Å². The predicted molar refractivity (Wildman–Crippen MR) is 103 cm³/mol. The molecule has 0 bridgehead atoms. The summed E-state index contributed by atoms with van der Waals surface area (Å²) in [5.41, 5.74) is 2.19. The van der Waals surface area contributed by atoms with Crippen molar-refractivity contribution in [3.05, 3.63) is 48.2 Å². The summed E-state index contributed by atoms with van der Waals surface area (Å²) in [6.45, 7) is 2.74. The molecule has 1 aliphatic heterocycles. The fraction of sp³-hybridized carbons (Fsp3) is 0.350. The molecule has 3 aromatic rings. The first-order valence-corrected chi connectivity index (χ1v) is 9.22. The number of carbonyl (C=O) groups is 1. The van der Waals surface area contributed by atoms with E-state index < -0.39 is 0 Å². The summed E-state index contributed by atoms with van der Waals surface area (Å²) < 4.78 is 1.29. The smallest absolute Gasteiger partial charge is 0.256 e. The predicted octanol–water partition coefficient (Wildman–Crippen LogP) is 2.17. The molecule has 3 heterocycles. The first kappa shape index (κ1) is 17.5. The number of aromatic hydroxyl groups is 1. The van der Waals surface area contributed by atoms with Gasteiger partial charge in [0.1, 0.15) is 5.56 Å². The second-order valence-electron chi connectivity index (χ2n) is 7.14. The molecule has 1 atom stereocenters. The van der Waals surface area contributed by atoms with E-state index >= 15 is 0 Å². The average Bonchev–Trinajstić information content (AvgIpc) is 3.11. The SMILES string of the molecule is CN1CCCC(CNC(=O)c2cnn3c(O)cc(-c4ccccc4)nc23)C1. The van der Waals surface area contributed by atoms with Crippen molar-refractivity contribution in [2.75, 3.05) is 26.7 Å². The molecule has 4 rings (SSSR count). The molecule has 1 aromatic carbocycles. The van der Waals surface area contributed by atoms with Crippen molar-refractivity contribution >= 4 is 11.6 Å². The quantitative estimate of drug-likeness (QED) is 0.740. The van der Waals surface area contributed by atoms with Gasteiger partial charge in [0.15, 0.2) is 5.65 Å². The van der Waals surface area contributed by atoms with Crippen molar-refractivity contribution < 1.29 is 9.90 Å². The summed E-state index contributed by atoms with van der Waals surface area (Å²) in [5.74, 6) is 0.193. The lowest BCUT2D eigenvalue weighted by Crippen LogP contribution is -2.39. The fourth-order valence-electron chi connectivity index (χ4n) is 3.64. The number of hydrogen-bond acceptors (Lipinski definition) is 5. The van der Waals surface area contributed by atoms with Gasteiger partial charge in [-0.15, -0.1) is 0 Å². The van der Waals surface area contributed by atoms with Crippen LogP contribution in [0.4, 0.5) is 0 Å². The molecule has 2 N–H and O–H groups in total. The standard InChI is InChI=1S/C20H23N5O2/c1-24-9-5-6-14(13-24)11-21-20(27)16-12-22-25-18(26)10-17(23-19(16)25)15-7-3-2-4-8-15/h2-4,7-8,10,12,14,26H,5-6,9,11,13H2,1H3,(H,21,27). The van der Waals surface area contributed by atoms with E-state index in [1.54, 1.807) is 6.07 Å². The van der Waals surface area contributed by atoms with Gasteiger partial charge < -0.3 is 15.3 Å². The van der Waals surface area contributed by atoms with E-state index in [9.17, 15) is 9.90 Å². The summed E-state index contributed by atoms with van der Waals surface area (Å²) in [4.78, 5) is 19.6. The number of fused-ring (bicyclic) bond motifs is 1. The molecule has 0 spiro atoms. The molecule has 1 aliphatic rings. The van der Waals surface area contributed by atoms with Gasteiger partial charge in [-0.05, 0) is 32.4 Å². The van der Waals surface area contributed by atoms with Gasteiger partial charge in [-0.3, -0.25) is 4.79 Å². The fourth-order valence-corrected chi connectivity index (χ4v) is 3.64. The third kappa shape index (κ3) is 3.64. The molecular weight excluding hydrogens is 342 g/mol. The molecule has 1 saturated heterocycles. The number of rotatable bonds is 4. The number of nitrogens with zero attached hydrogens (tertiary/aromatic N) is 4. The zero-order valence-electron chi connectivity index (χ0n) is 15.3. The van der Waals surface area contributed by atoms with Gasteiger partial charge in [-0.25, -0.2) is 4.98 Å². The van der Waals surface area contributed by atoms with Crippen LogP contribution >= 0.6 is 0 Å². The Balaban J connectivity index is 1.58. The van der Waals surface area contributed by atoms with E-state index in [2.05, 4.69) is 27.3 Å². The summed E-state index contributed by atoms with van der Waals surface area (Å²) in [6, 6.07) is 11.1. The first-order chi connectivity index (χ1) is 13.1. The molecule has 0 aliphatic carbocycles. The highest BCUT2D eigenvalue weighted by molar-refractivity contribution is 6.00. The third-order valence-corrected chi connectivity index (χ3v) is 5.04. The molecule has 1 fully saturated rings. The Labute approximate surface area is 157 Å². The van der Waals surface area contributed by atoms with E-state index in [0.717, 1.165) is 31.5 Å². The molecule has 1 amide bonds. The Morgan fingerprint density at radius 1 is 1.33 bits per heavy atom. The largest absolute Gasteiger partial charge is 0.493 e. The topological polar surface area (TPSA) is 82.8 Å². The van der Waals surface area contributed by atoms with Crippen LogP contribution in [0, 0.1) is 5.92 Å². The third-order valence-electron chi connectivity index (χ3n) is 5.04. The molecule has 140 valence electrons. The highest BCUT2D eigenvalue weighted by Gasteiger charge is 2.21. The van der Waals surface area contributed by atoms with Crippen LogP contribution in [0.5, 0.6) is 5.88 Å². The lowest BCUT2D eigenvalue weighted by atomic mass is 9.98. The van der Waals surface area contributed by atoms with Gasteiger partial charge in [0.25, 0.3) is 5.91 Å². The zero-order valence-corrected chi connectivity index (χ0v) is 15.3. The summed E-state index contributed by atoms with van der Waals surface area (Å²) in [6.07, 6.45) is 3.74. The normalized spacial score (nSPS) is 17.9. The number of nitrogens with one attached hydrogen (secondary N) is 1. The highest BCUT2D eigenvalue weighted by atomic mass is 16.3. The molecular formula is C20H23N5O2. The van der Waals surface area contributed by atoms with Crippen molar-refractivity contribution in [2.24, 2.45) is 5.92 Å². The van der Waals surface area contributed by atoms with E-state index in [1.165, 1.54) is 10.7 Å². The average molecular weight is 365 g/mol. The molecule has 1 unspecified atom stereocenters. The van der Waals surface area contributed by atoms with Crippen LogP contribution in [0.1, 0.15) is 23.2 Å². The zero-order chi connectivity index (χ0) is 18.8. The monoisotopic (exact) mass is 365 g/mol. The van der Waals surface area contributed by atoms with Crippen LogP contribution < -0.4 is 5.32 Å². The van der Waals surface area contributed by atoms with E-state index in [1.807, 2.05) is 30.3 Å². The minimum Gasteiger partial charge on any atom is -0.493 e. The van der Waals surface area contributed by atoms with Crippen molar-refractivity contribution in [2.45, 2.75) is 12.8 Å². The Morgan fingerprint density at radius 3 is 2.93 bits per heavy atom. The lowest BCUT2D eigenvalue weighted by molar-refractivity contribution is 0.0938. The van der Waals surface area contributed by atoms with Crippen LogP contribution in [-0.4, -0.2) is 57.2 Å². The molecule has 0 radical (unpaired) electrons. The second-order valence-corrected chi connectivity index (χ2v) is 7.14. The number of aromatic nitrogens is 3. The number of piperidine rings is 1. The van der Waals surface area contributed by atoms with E-state index in [-0.39, 0.29) is 11.8 Å². The maximum atomic E-state index is 12.7. The first-order valence-electron chi connectivity index (χ1n) is 9.22. The summed E-state index contributed by atoms with van der Waals surface area (Å²) >= 11 is 0. The lowest BCUT2D eigenvalue weighted by Gasteiger charge is -2.29. The molecule has 27 heavy (non-hydrogen) atoms. The number of carbonyl (C=O) groups excluding carboxylic acids is 1. The van der Waals surface area contributed by atoms with Crippen molar-refractivity contribution in [3.8, 4) is 17.1 Å². The van der Waals surface area contributed by atoms with E-state index in [0.29, 0.717) is 29.4 Å². The Kier molecular flexibility index (Phi) is 4.77. The molecule has 0 saturated carbocycles. The maximum absolute atomic E-state index is 12.7. The summed E-state index contributed by atoms with van der Waals surface area (Å²) in [7, 11) is 2.11. The number of hydrogen-bond donors (Lipinski definition) is 2. The highest BCUT2D eigenvalue weighted by Crippen LogP contribution is 2.24. The summed E-state index contributed by atoms with van der Waals surface area (Å²) in [5, 5.41) is 17.4. The number of likely N-dealkylation sites (tertiary alicyclic amines) is 1. The number of benzene rings is 1. The Hall–Kier alpha value is -2.93. The second kappa shape index (κ2) is 7.36. The minimum absolute atomic E-state index is 0.0493. The van der Waals surface area contributed by atoms with Crippen molar-refractivity contribution in [1.82, 2.24) is 24.8 Å². The minimum atomic E-state index is -0.213. The van der Waals surface area contributed by atoms with Crippen LogP contribution in [-0.2, 0) is 0 Å². The molecule has 7 heteroatoms. The van der Waals surface area contributed by atoms with Gasteiger partial charge in [0, 0.05) is 24.7 Å². The van der Waals surface area contributed by atoms with Gasteiger partial charge >= 0.3 is 0 Å². The molecule has 2 aromatic heterocycles. The van der Waals surface area contributed by atoms with Crippen LogP contribution in [0.25, 0.3) is 16.9 Å². The van der Waals surface area contributed by atoms with E-state index in [4.69, 9.17) is 0 Å². The van der Waals surface area contributed by atoms with Crippen LogP contribution in [0.2, 0.25) is 0 Å². The molecule has 7 nitrogen and oxygen atoms in total. The van der Waals surface area contributed by atoms with Gasteiger partial charge in [-0.1, -0.05) is 30.3 Å². The van der Waals surface area contributed by atoms with Crippen molar-refractivity contribution in [1.29, 1.82) is 0 Å². The number of amides is 1. The Bertz CT molecular complexity index is 954. The Morgan fingerprint density at radius 2 is 2.15 bits per heavy atom. The van der Waals surface area contributed by atoms with Crippen molar-refractivity contribution in [3.63, 3.8) is 0 Å². The van der Waals surface area contributed by atoms with Gasteiger partial charge in [-0.2, -0.15) is 9.61 Å². The van der Waals surface area contributed by atoms with Gasteiger partial charge in [0.05, 0.1) is 11.9 Å². The maximum Gasteiger partial charge on any atom is 0.256 e. The van der Waals surface area contributed by atoms with Crippen LogP contribution in [0.3, 0.4) is 0 Å². The van der Waals surface area contributed by atoms with Crippen LogP contribution in [0.15, 0.2) is 42.6 Å².